The fraction of sp³-hybridized carbons (Fsp3) is 0.241. The predicted molar refractivity (Wildman–Crippen MR) is 158 cm³/mol. The van der Waals surface area contributed by atoms with Crippen molar-refractivity contribution in [3.05, 3.63) is 104 Å². The van der Waals surface area contributed by atoms with Gasteiger partial charge in [-0.05, 0) is 73.8 Å². The van der Waals surface area contributed by atoms with Gasteiger partial charge in [-0.2, -0.15) is 0 Å². The number of halogens is 3. The van der Waals surface area contributed by atoms with Crippen molar-refractivity contribution in [2.24, 2.45) is 5.16 Å². The highest BCUT2D eigenvalue weighted by Gasteiger charge is 2.41. The van der Waals surface area contributed by atoms with Crippen molar-refractivity contribution >= 4 is 64.5 Å². The summed E-state index contributed by atoms with van der Waals surface area (Å²) in [5.74, 6) is -0.203. The van der Waals surface area contributed by atoms with E-state index >= 15 is 0 Å². The number of carbonyl (C=O) groups is 1. The molecule has 4 heterocycles. The van der Waals surface area contributed by atoms with E-state index < -0.39 is 18.3 Å². The van der Waals surface area contributed by atoms with E-state index in [0.717, 1.165) is 39.1 Å². The fourth-order valence-corrected chi connectivity index (χ4v) is 5.99. The second kappa shape index (κ2) is 9.82. The van der Waals surface area contributed by atoms with Crippen molar-refractivity contribution in [2.45, 2.75) is 44.9 Å². The monoisotopic (exact) mass is 595 g/mol. The van der Waals surface area contributed by atoms with E-state index in [1.54, 1.807) is 18.2 Å². The van der Waals surface area contributed by atoms with Crippen LogP contribution < -0.4 is 10.8 Å². The topological polar surface area (TPSA) is 84.6 Å². The molecule has 0 fully saturated rings. The lowest BCUT2D eigenvalue weighted by Crippen LogP contribution is -2.29. The first kappa shape index (κ1) is 27.2. The van der Waals surface area contributed by atoms with Crippen LogP contribution in [0.15, 0.2) is 65.9 Å². The summed E-state index contributed by atoms with van der Waals surface area (Å²) in [6.45, 7) is 6.08. The zero-order valence-electron chi connectivity index (χ0n) is 22.0. The fourth-order valence-electron chi connectivity index (χ4n) is 5.39. The van der Waals surface area contributed by atoms with Gasteiger partial charge in [0, 0.05) is 24.7 Å². The maximum absolute atomic E-state index is 13.3. The van der Waals surface area contributed by atoms with Crippen molar-refractivity contribution in [3.8, 4) is 0 Å². The van der Waals surface area contributed by atoms with Crippen LogP contribution in [0.5, 0.6) is 0 Å². The van der Waals surface area contributed by atoms with Crippen LogP contribution in [0.25, 0.3) is 5.52 Å². The number of aromatic nitrogens is 1. The van der Waals surface area contributed by atoms with Crippen molar-refractivity contribution < 1.29 is 19.3 Å². The summed E-state index contributed by atoms with van der Waals surface area (Å²) in [7, 11) is -0.940. The molecular formula is C29H25BCl3N3O4. The molecule has 0 aliphatic carbocycles. The molecule has 0 spiro atoms. The zero-order chi connectivity index (χ0) is 28.4. The van der Waals surface area contributed by atoms with Crippen LogP contribution in [0.2, 0.25) is 15.1 Å². The number of pyridine rings is 1. The number of hydrogen-bond acceptors (Lipinski definition) is 5. The van der Waals surface area contributed by atoms with E-state index in [1.165, 1.54) is 0 Å². The highest BCUT2D eigenvalue weighted by molar-refractivity contribution is 6.62. The Morgan fingerprint density at radius 3 is 2.60 bits per heavy atom. The number of fused-ring (bicyclic) bond motifs is 2. The summed E-state index contributed by atoms with van der Waals surface area (Å²) in [6.07, 6.45) is 2.36. The lowest BCUT2D eigenvalue weighted by Gasteiger charge is -2.23. The van der Waals surface area contributed by atoms with E-state index in [0.29, 0.717) is 33.6 Å². The first-order chi connectivity index (χ1) is 19.0. The summed E-state index contributed by atoms with van der Waals surface area (Å²) in [4.78, 5) is 19.2. The normalized spacial score (nSPS) is 19.5. The van der Waals surface area contributed by atoms with Gasteiger partial charge in [0.25, 0.3) is 5.91 Å². The second-order valence-corrected chi connectivity index (χ2v) is 12.0. The Bertz CT molecular complexity index is 1700. The molecule has 2 N–H and O–H groups in total. The van der Waals surface area contributed by atoms with Gasteiger partial charge in [-0.1, -0.05) is 58.2 Å². The molecular weight excluding hydrogens is 572 g/mol. The number of hydrogen-bond donors (Lipinski definition) is 2. The molecule has 2 aliphatic heterocycles. The molecule has 7 nitrogen and oxygen atoms in total. The van der Waals surface area contributed by atoms with Crippen molar-refractivity contribution in [3.63, 3.8) is 0 Å². The van der Waals surface area contributed by atoms with Crippen LogP contribution in [0.4, 0.5) is 0 Å². The number of amides is 1. The molecule has 204 valence electrons. The van der Waals surface area contributed by atoms with Gasteiger partial charge >= 0.3 is 7.12 Å². The standard InChI is InChI=1S/C29H25BCl3N3O4/c1-28(2)19-11-16(6-8-20(19)30(38)39-28)15-34-27(37)18-7-9-25(36-10-4-5-24(18)36)23-14-29(3,40-35-23)17-12-21(31)26(33)22(32)13-17/h4-13,38H,14-15H2,1-3H3,(H,34,37). The first-order valence-corrected chi connectivity index (χ1v) is 13.9. The average Bonchev–Trinajstić information content (AvgIpc) is 3.62. The van der Waals surface area contributed by atoms with Crippen molar-refractivity contribution in [1.29, 1.82) is 0 Å². The van der Waals surface area contributed by atoms with E-state index in [-0.39, 0.29) is 5.91 Å². The quantitative estimate of drug-likeness (QED) is 0.225. The number of carbonyl (C=O) groups excluding carboxylic acids is 1. The van der Waals surface area contributed by atoms with Crippen molar-refractivity contribution in [2.75, 3.05) is 0 Å². The molecule has 0 saturated carbocycles. The maximum Gasteiger partial charge on any atom is 0.492 e. The largest absolute Gasteiger partial charge is 0.492 e. The lowest BCUT2D eigenvalue weighted by molar-refractivity contribution is -0.00737. The summed E-state index contributed by atoms with van der Waals surface area (Å²) < 4.78 is 7.58. The van der Waals surface area contributed by atoms with Crippen molar-refractivity contribution in [1.82, 2.24) is 9.72 Å². The molecule has 1 amide bonds. The molecule has 2 aromatic heterocycles. The number of nitrogens with one attached hydrogen (secondary N) is 1. The summed E-state index contributed by atoms with van der Waals surface area (Å²) in [5, 5.41) is 18.6. The molecule has 1 atom stereocenters. The highest BCUT2D eigenvalue weighted by atomic mass is 35.5. The third-order valence-corrected chi connectivity index (χ3v) is 8.78. The molecule has 2 aromatic carbocycles. The van der Waals surface area contributed by atoms with Gasteiger partial charge in [0.05, 0.1) is 37.4 Å². The van der Waals surface area contributed by atoms with E-state index in [9.17, 15) is 9.82 Å². The molecule has 6 rings (SSSR count). The van der Waals surface area contributed by atoms with Gasteiger partial charge in [0.1, 0.15) is 5.71 Å². The summed E-state index contributed by atoms with van der Waals surface area (Å²) in [6, 6.07) is 16.6. The predicted octanol–water partition coefficient (Wildman–Crippen LogP) is 5.82. The van der Waals surface area contributed by atoms with Gasteiger partial charge < -0.3 is 24.2 Å². The van der Waals surface area contributed by atoms with Crippen LogP contribution in [0, 0.1) is 0 Å². The first-order valence-electron chi connectivity index (χ1n) is 12.7. The minimum absolute atomic E-state index is 0.203. The number of rotatable bonds is 5. The number of benzene rings is 2. The van der Waals surface area contributed by atoms with Crippen LogP contribution in [-0.4, -0.2) is 28.2 Å². The molecule has 40 heavy (non-hydrogen) atoms. The van der Waals surface area contributed by atoms with Gasteiger partial charge in [0.15, 0.2) is 5.60 Å². The minimum Gasteiger partial charge on any atom is -0.423 e. The third-order valence-electron chi connectivity index (χ3n) is 7.58. The SMILES string of the molecule is CC1(C)OB(O)c2ccc(CNC(=O)c3ccc(C4=NOC(C)(c5cc(Cl)c(Cl)c(Cl)c5)C4)n4cccc34)cc21. The molecule has 11 heteroatoms. The Morgan fingerprint density at radius 1 is 1.10 bits per heavy atom. The molecule has 0 radical (unpaired) electrons. The highest BCUT2D eigenvalue weighted by Crippen LogP contribution is 2.41. The Morgan fingerprint density at radius 2 is 1.85 bits per heavy atom. The van der Waals surface area contributed by atoms with Crippen LogP contribution in [0.3, 0.4) is 0 Å². The smallest absolute Gasteiger partial charge is 0.423 e. The van der Waals surface area contributed by atoms with Crippen LogP contribution in [0.1, 0.15) is 59.9 Å². The Labute approximate surface area is 246 Å². The van der Waals surface area contributed by atoms with Gasteiger partial charge in [-0.15, -0.1) is 0 Å². The maximum atomic E-state index is 13.3. The number of oxime groups is 1. The molecule has 1 unspecified atom stereocenters. The van der Waals surface area contributed by atoms with E-state index in [2.05, 4.69) is 10.5 Å². The zero-order valence-corrected chi connectivity index (χ0v) is 24.2. The van der Waals surface area contributed by atoms with E-state index in [1.807, 2.05) is 67.8 Å². The molecule has 2 aliphatic rings. The second-order valence-electron chi connectivity index (χ2n) is 10.8. The Balaban J connectivity index is 1.22. The molecule has 0 saturated heterocycles. The minimum atomic E-state index is -0.940. The molecule has 0 bridgehead atoms. The van der Waals surface area contributed by atoms with Gasteiger partial charge in [0.2, 0.25) is 0 Å². The summed E-state index contributed by atoms with van der Waals surface area (Å²) >= 11 is 18.7. The molecule has 4 aromatic rings. The van der Waals surface area contributed by atoms with Gasteiger partial charge in [-0.25, -0.2) is 0 Å². The van der Waals surface area contributed by atoms with Crippen LogP contribution >= 0.6 is 34.8 Å². The average molecular weight is 597 g/mol. The van der Waals surface area contributed by atoms with E-state index in [4.69, 9.17) is 44.3 Å². The third kappa shape index (κ3) is 4.58. The van der Waals surface area contributed by atoms with Crippen LogP contribution in [-0.2, 0) is 27.2 Å². The number of nitrogens with zero attached hydrogens (tertiary/aromatic N) is 2. The Hall–Kier alpha value is -3.01. The van der Waals surface area contributed by atoms with Gasteiger partial charge in [-0.3, -0.25) is 4.79 Å². The lowest BCUT2D eigenvalue weighted by atomic mass is 9.78. The summed E-state index contributed by atoms with van der Waals surface area (Å²) in [5.41, 5.74) is 4.78. The Kier molecular flexibility index (Phi) is 6.67.